The molecule has 0 fully saturated rings. The van der Waals surface area contributed by atoms with E-state index < -0.39 is 0 Å². The predicted octanol–water partition coefficient (Wildman–Crippen LogP) is 0.421. The highest BCUT2D eigenvalue weighted by Gasteiger charge is 2.07. The Morgan fingerprint density at radius 3 is 2.79 bits per heavy atom. The molecule has 112 valence electrons. The van der Waals surface area contributed by atoms with E-state index in [-0.39, 0.29) is 30.7 Å². The average Bonchev–Trinajstić information content (AvgIpc) is 2.84. The second-order valence-corrected chi connectivity index (χ2v) is 3.75. The third kappa shape index (κ3) is 8.83. The number of ether oxygens (including phenoxy) is 1. The Bertz CT molecular complexity index is 323. The normalized spacial score (nSPS) is 9.37. The van der Waals surface area contributed by atoms with Crippen molar-refractivity contribution in [1.82, 2.24) is 20.0 Å². The molecule has 1 aromatic heterocycles. The van der Waals surface area contributed by atoms with Gasteiger partial charge in [0, 0.05) is 39.6 Å². The molecule has 0 aliphatic heterocycles. The molecule has 0 radical (unpaired) electrons. The molecule has 0 bridgehead atoms. The monoisotopic (exact) mass is 312 g/mol. The smallest absolute Gasteiger partial charge is 0.236 e. The van der Waals surface area contributed by atoms with Crippen molar-refractivity contribution >= 4 is 30.7 Å². The Morgan fingerprint density at radius 2 is 2.21 bits per heavy atom. The number of hydrogen-bond acceptors (Lipinski definition) is 4. The Labute approximate surface area is 126 Å². The van der Waals surface area contributed by atoms with Gasteiger partial charge in [0.25, 0.3) is 0 Å². The van der Waals surface area contributed by atoms with Crippen LogP contribution in [0, 0.1) is 0 Å². The molecule has 0 aliphatic rings. The first kappa shape index (κ1) is 20.5. The van der Waals surface area contributed by atoms with E-state index in [0.717, 1.165) is 0 Å². The number of nitrogens with one attached hydrogen (secondary N) is 1. The molecule has 0 saturated carbocycles. The Hall–Kier alpha value is -0.820. The number of carbonyl (C=O) groups excluding carboxylic acids is 1. The van der Waals surface area contributed by atoms with Crippen LogP contribution >= 0.6 is 24.8 Å². The van der Waals surface area contributed by atoms with Crippen LogP contribution in [0.25, 0.3) is 0 Å². The summed E-state index contributed by atoms with van der Waals surface area (Å²) < 4.78 is 6.69. The zero-order valence-corrected chi connectivity index (χ0v) is 12.9. The van der Waals surface area contributed by atoms with Gasteiger partial charge in [0.2, 0.25) is 5.91 Å². The summed E-state index contributed by atoms with van der Waals surface area (Å²) in [5, 5.41) is 7.10. The predicted molar refractivity (Wildman–Crippen MR) is 79.1 cm³/mol. The first-order chi connectivity index (χ1) is 8.24. The Kier molecular flexibility index (Phi) is 13.2. The van der Waals surface area contributed by atoms with Gasteiger partial charge >= 0.3 is 0 Å². The number of amides is 1. The maximum absolute atomic E-state index is 11.7. The topological polar surface area (TPSA) is 59.4 Å². The third-order valence-electron chi connectivity index (χ3n) is 2.41. The second-order valence-electron chi connectivity index (χ2n) is 3.75. The number of carbonyl (C=O) groups is 1. The van der Waals surface area contributed by atoms with E-state index in [0.29, 0.717) is 32.8 Å². The van der Waals surface area contributed by atoms with Gasteiger partial charge < -0.3 is 15.0 Å². The van der Waals surface area contributed by atoms with Crippen LogP contribution in [0.15, 0.2) is 18.5 Å². The summed E-state index contributed by atoms with van der Waals surface area (Å²) >= 11 is 0. The third-order valence-corrected chi connectivity index (χ3v) is 2.41. The highest BCUT2D eigenvalue weighted by Crippen LogP contribution is 1.89. The number of aromatic nitrogens is 2. The summed E-state index contributed by atoms with van der Waals surface area (Å²) in [4.78, 5) is 13.4. The van der Waals surface area contributed by atoms with E-state index in [1.54, 1.807) is 25.3 Å². The molecule has 0 aromatic carbocycles. The zero-order chi connectivity index (χ0) is 12.5. The lowest BCUT2D eigenvalue weighted by atomic mass is 10.4. The van der Waals surface area contributed by atoms with Crippen LogP contribution in [0.4, 0.5) is 0 Å². The molecule has 0 atom stereocenters. The number of likely N-dealkylation sites (N-methyl/N-ethyl adjacent to an activating group) is 1. The van der Waals surface area contributed by atoms with Crippen LogP contribution in [-0.4, -0.2) is 61.0 Å². The number of hydrogen-bond donors (Lipinski definition) is 1. The molecule has 1 aromatic rings. The minimum Gasteiger partial charge on any atom is -0.383 e. The number of methoxy groups -OCH3 is 1. The molecule has 0 saturated heterocycles. The largest absolute Gasteiger partial charge is 0.383 e. The summed E-state index contributed by atoms with van der Waals surface area (Å²) in [7, 11) is 3.43. The van der Waals surface area contributed by atoms with Gasteiger partial charge in [-0.2, -0.15) is 5.10 Å². The summed E-state index contributed by atoms with van der Waals surface area (Å²) in [6.07, 6.45) is 3.61. The van der Waals surface area contributed by atoms with E-state index in [1.165, 1.54) is 0 Å². The van der Waals surface area contributed by atoms with E-state index in [1.807, 2.05) is 16.9 Å². The Morgan fingerprint density at radius 1 is 1.47 bits per heavy atom. The molecule has 1 N–H and O–H groups in total. The highest BCUT2D eigenvalue weighted by atomic mass is 35.5. The van der Waals surface area contributed by atoms with Crippen LogP contribution in [0.3, 0.4) is 0 Å². The summed E-state index contributed by atoms with van der Waals surface area (Å²) in [5.74, 6) is 0.0771. The van der Waals surface area contributed by atoms with E-state index in [4.69, 9.17) is 4.74 Å². The van der Waals surface area contributed by atoms with Crippen molar-refractivity contribution in [2.75, 3.05) is 40.4 Å². The van der Waals surface area contributed by atoms with Gasteiger partial charge in [-0.1, -0.05) is 0 Å². The van der Waals surface area contributed by atoms with E-state index in [2.05, 4.69) is 10.4 Å². The molecule has 0 unspecified atom stereocenters. The molecule has 1 amide bonds. The fraction of sp³-hybridized carbons (Fsp3) is 0.636. The molecular formula is C11H22Cl2N4O2. The van der Waals surface area contributed by atoms with Gasteiger partial charge in [0.05, 0.1) is 19.7 Å². The van der Waals surface area contributed by atoms with E-state index >= 15 is 0 Å². The maximum Gasteiger partial charge on any atom is 0.236 e. The summed E-state index contributed by atoms with van der Waals surface area (Å²) in [5.41, 5.74) is 0. The minimum atomic E-state index is 0. The van der Waals surface area contributed by atoms with Gasteiger partial charge in [-0.15, -0.1) is 24.8 Å². The fourth-order valence-corrected chi connectivity index (χ4v) is 1.31. The van der Waals surface area contributed by atoms with Crippen molar-refractivity contribution in [3.05, 3.63) is 18.5 Å². The SMILES string of the molecule is COCCNCC(=O)N(C)CCn1cccn1.Cl.Cl. The summed E-state index contributed by atoms with van der Waals surface area (Å²) in [6.45, 7) is 3.03. The standard InChI is InChI=1S/C11H20N4O2.2ClH/c1-14(7-8-15-6-3-4-13-15)11(16)10-12-5-9-17-2;;/h3-4,6,12H,5,7-10H2,1-2H3;2*1H. The van der Waals surface area contributed by atoms with Gasteiger partial charge in [-0.25, -0.2) is 0 Å². The lowest BCUT2D eigenvalue weighted by molar-refractivity contribution is -0.129. The van der Waals surface area contributed by atoms with Crippen molar-refractivity contribution in [3.8, 4) is 0 Å². The van der Waals surface area contributed by atoms with Gasteiger partial charge in [-0.3, -0.25) is 9.48 Å². The quantitative estimate of drug-likeness (QED) is 0.707. The molecule has 0 spiro atoms. The number of nitrogens with zero attached hydrogens (tertiary/aromatic N) is 3. The first-order valence-electron chi connectivity index (χ1n) is 5.65. The lowest BCUT2D eigenvalue weighted by Gasteiger charge is -2.17. The number of rotatable bonds is 8. The van der Waals surface area contributed by atoms with Crippen LogP contribution in [0.1, 0.15) is 0 Å². The van der Waals surface area contributed by atoms with Crippen molar-refractivity contribution in [1.29, 1.82) is 0 Å². The van der Waals surface area contributed by atoms with Crippen LogP contribution in [0.2, 0.25) is 0 Å². The van der Waals surface area contributed by atoms with Crippen LogP contribution < -0.4 is 5.32 Å². The molecular weight excluding hydrogens is 291 g/mol. The van der Waals surface area contributed by atoms with Crippen molar-refractivity contribution in [3.63, 3.8) is 0 Å². The maximum atomic E-state index is 11.7. The molecule has 1 rings (SSSR count). The Balaban J connectivity index is 0. The fourth-order valence-electron chi connectivity index (χ4n) is 1.31. The van der Waals surface area contributed by atoms with Gasteiger partial charge in [-0.05, 0) is 6.07 Å². The zero-order valence-electron chi connectivity index (χ0n) is 11.2. The van der Waals surface area contributed by atoms with Gasteiger partial charge in [0.15, 0.2) is 0 Å². The highest BCUT2D eigenvalue weighted by molar-refractivity contribution is 5.85. The van der Waals surface area contributed by atoms with Crippen LogP contribution in [0.5, 0.6) is 0 Å². The van der Waals surface area contributed by atoms with Crippen molar-refractivity contribution in [2.45, 2.75) is 6.54 Å². The second kappa shape index (κ2) is 12.2. The minimum absolute atomic E-state index is 0. The molecule has 19 heavy (non-hydrogen) atoms. The first-order valence-corrected chi connectivity index (χ1v) is 5.65. The lowest BCUT2D eigenvalue weighted by Crippen LogP contribution is -2.38. The van der Waals surface area contributed by atoms with Crippen molar-refractivity contribution in [2.24, 2.45) is 0 Å². The van der Waals surface area contributed by atoms with Crippen molar-refractivity contribution < 1.29 is 9.53 Å². The van der Waals surface area contributed by atoms with Gasteiger partial charge in [0.1, 0.15) is 0 Å². The molecule has 8 heteroatoms. The summed E-state index contributed by atoms with van der Waals surface area (Å²) in [6, 6.07) is 1.87. The van der Waals surface area contributed by atoms with E-state index in [9.17, 15) is 4.79 Å². The molecule has 0 aliphatic carbocycles. The average molecular weight is 313 g/mol. The molecule has 1 heterocycles. The molecule has 6 nitrogen and oxygen atoms in total. The number of halogens is 2. The van der Waals surface area contributed by atoms with Crippen LogP contribution in [-0.2, 0) is 16.1 Å².